The molecule has 3 aromatic carbocycles. The zero-order valence-electron chi connectivity index (χ0n) is 17.2. The van der Waals surface area contributed by atoms with Gasteiger partial charge in [0.05, 0.1) is 11.7 Å². The lowest BCUT2D eigenvalue weighted by atomic mass is 10.0. The molecule has 8 heteroatoms. The molecule has 4 aromatic rings. The molecule has 1 aliphatic rings. The number of aryl methyl sites for hydroxylation is 1. The van der Waals surface area contributed by atoms with Crippen molar-refractivity contribution in [2.45, 2.75) is 23.4 Å². The molecular weight excluding hydrogens is 425 g/mol. The standard InChI is InChI=1S/C24H20FN5OS/c1-15-11-13-16(14-12-15)20-21(23(31)26-19-10-6-5-9-18(19)25)32-24-28-27-22(30(24)29-20)17-7-3-2-4-8-17/h2-14,20-21,29H,1H3,(H,26,31). The molecule has 1 aliphatic heterocycles. The predicted molar refractivity (Wildman–Crippen MR) is 123 cm³/mol. The van der Waals surface area contributed by atoms with Gasteiger partial charge in [0, 0.05) is 5.56 Å². The third-order valence-electron chi connectivity index (χ3n) is 5.30. The van der Waals surface area contributed by atoms with E-state index < -0.39 is 11.1 Å². The normalized spacial score (nSPS) is 17.3. The minimum absolute atomic E-state index is 0.151. The van der Waals surface area contributed by atoms with E-state index in [1.54, 1.807) is 18.2 Å². The van der Waals surface area contributed by atoms with E-state index in [4.69, 9.17) is 0 Å². The van der Waals surface area contributed by atoms with Gasteiger partial charge in [-0.1, -0.05) is 84.1 Å². The molecule has 1 aromatic heterocycles. The third kappa shape index (κ3) is 3.85. The largest absolute Gasteiger partial charge is 0.323 e. The molecule has 2 unspecified atom stereocenters. The van der Waals surface area contributed by atoms with Crippen LogP contribution in [0.1, 0.15) is 17.2 Å². The van der Waals surface area contributed by atoms with Gasteiger partial charge < -0.3 is 10.7 Å². The van der Waals surface area contributed by atoms with Crippen molar-refractivity contribution in [3.63, 3.8) is 0 Å². The Morgan fingerprint density at radius 3 is 2.47 bits per heavy atom. The SMILES string of the molecule is Cc1ccc(C2Nn3c(nnc3-c3ccccc3)SC2C(=O)Nc2ccccc2F)cc1. The lowest BCUT2D eigenvalue weighted by Gasteiger charge is -2.33. The van der Waals surface area contributed by atoms with Gasteiger partial charge in [0.15, 0.2) is 5.82 Å². The van der Waals surface area contributed by atoms with Crippen molar-refractivity contribution in [3.05, 3.63) is 95.8 Å². The predicted octanol–water partition coefficient (Wildman–Crippen LogP) is 4.79. The summed E-state index contributed by atoms with van der Waals surface area (Å²) in [5.74, 6) is -0.122. The van der Waals surface area contributed by atoms with Crippen LogP contribution in [0.2, 0.25) is 0 Å². The first-order valence-corrected chi connectivity index (χ1v) is 11.0. The average Bonchev–Trinajstić information content (AvgIpc) is 3.24. The van der Waals surface area contributed by atoms with Crippen molar-refractivity contribution in [3.8, 4) is 11.4 Å². The number of fused-ring (bicyclic) bond motifs is 1. The number of benzene rings is 3. The first kappa shape index (κ1) is 20.3. The van der Waals surface area contributed by atoms with E-state index in [0.29, 0.717) is 11.0 Å². The number of halogens is 1. The van der Waals surface area contributed by atoms with Crippen LogP contribution in [-0.4, -0.2) is 26.0 Å². The third-order valence-corrected chi connectivity index (χ3v) is 6.51. The second-order valence-electron chi connectivity index (χ2n) is 7.53. The van der Waals surface area contributed by atoms with E-state index in [-0.39, 0.29) is 17.6 Å². The van der Waals surface area contributed by atoms with Gasteiger partial charge in [-0.3, -0.25) is 4.79 Å². The van der Waals surface area contributed by atoms with Crippen LogP contribution in [0.4, 0.5) is 10.1 Å². The first-order chi connectivity index (χ1) is 15.6. The Bertz CT molecular complexity index is 1260. The van der Waals surface area contributed by atoms with Crippen LogP contribution in [-0.2, 0) is 4.79 Å². The number of nitrogens with zero attached hydrogens (tertiary/aromatic N) is 3. The maximum Gasteiger partial charge on any atom is 0.240 e. The van der Waals surface area contributed by atoms with E-state index in [1.165, 1.54) is 17.8 Å². The Morgan fingerprint density at radius 1 is 1.00 bits per heavy atom. The number of rotatable bonds is 4. The molecule has 2 atom stereocenters. The zero-order valence-corrected chi connectivity index (χ0v) is 18.0. The van der Waals surface area contributed by atoms with Crippen molar-refractivity contribution in [1.29, 1.82) is 0 Å². The lowest BCUT2D eigenvalue weighted by Crippen LogP contribution is -2.41. The summed E-state index contributed by atoms with van der Waals surface area (Å²) in [7, 11) is 0. The maximum atomic E-state index is 14.1. The van der Waals surface area contributed by atoms with E-state index in [1.807, 2.05) is 66.2 Å². The Balaban J connectivity index is 1.52. The van der Waals surface area contributed by atoms with Crippen LogP contribution in [0.3, 0.4) is 0 Å². The molecule has 0 aliphatic carbocycles. The summed E-state index contributed by atoms with van der Waals surface area (Å²) < 4.78 is 16.0. The summed E-state index contributed by atoms with van der Waals surface area (Å²) in [6.45, 7) is 2.01. The quantitative estimate of drug-likeness (QED) is 0.473. The van der Waals surface area contributed by atoms with Gasteiger partial charge in [0.2, 0.25) is 11.1 Å². The second kappa shape index (κ2) is 8.47. The highest BCUT2D eigenvalue weighted by atomic mass is 32.2. The molecule has 160 valence electrons. The van der Waals surface area contributed by atoms with Crippen LogP contribution in [0.5, 0.6) is 0 Å². The molecule has 0 bridgehead atoms. The van der Waals surface area contributed by atoms with Gasteiger partial charge in [-0.05, 0) is 24.6 Å². The molecule has 0 fully saturated rings. The van der Waals surface area contributed by atoms with Gasteiger partial charge in [-0.2, -0.15) is 0 Å². The molecule has 2 N–H and O–H groups in total. The summed E-state index contributed by atoms with van der Waals surface area (Å²) >= 11 is 1.31. The molecule has 6 nitrogen and oxygen atoms in total. The molecule has 0 spiro atoms. The summed E-state index contributed by atoms with van der Waals surface area (Å²) in [5, 5.41) is 11.3. The van der Waals surface area contributed by atoms with E-state index in [0.717, 1.165) is 16.7 Å². The molecule has 32 heavy (non-hydrogen) atoms. The average molecular weight is 446 g/mol. The Kier molecular flexibility index (Phi) is 5.36. The zero-order chi connectivity index (χ0) is 22.1. The Labute approximate surface area is 188 Å². The molecule has 0 saturated heterocycles. The minimum atomic E-state index is -0.586. The van der Waals surface area contributed by atoms with Gasteiger partial charge >= 0.3 is 0 Å². The van der Waals surface area contributed by atoms with Crippen molar-refractivity contribution in [2.75, 3.05) is 10.7 Å². The summed E-state index contributed by atoms with van der Waals surface area (Å²) in [4.78, 5) is 13.3. The van der Waals surface area contributed by atoms with Crippen molar-refractivity contribution in [2.24, 2.45) is 0 Å². The number of thioether (sulfide) groups is 1. The summed E-state index contributed by atoms with van der Waals surface area (Å²) in [5.41, 5.74) is 6.56. The number of carbonyl (C=O) groups excluding carboxylic acids is 1. The second-order valence-corrected chi connectivity index (χ2v) is 8.64. The lowest BCUT2D eigenvalue weighted by molar-refractivity contribution is -0.116. The van der Waals surface area contributed by atoms with Gasteiger partial charge in [-0.15, -0.1) is 10.2 Å². The van der Waals surface area contributed by atoms with Gasteiger partial charge in [0.1, 0.15) is 11.1 Å². The minimum Gasteiger partial charge on any atom is -0.323 e. The maximum absolute atomic E-state index is 14.1. The monoisotopic (exact) mass is 445 g/mol. The smallest absolute Gasteiger partial charge is 0.240 e. The fraction of sp³-hybridized carbons (Fsp3) is 0.125. The highest BCUT2D eigenvalue weighted by Crippen LogP contribution is 2.39. The number of nitrogens with one attached hydrogen (secondary N) is 2. The first-order valence-electron chi connectivity index (χ1n) is 10.2. The Hall–Kier alpha value is -3.65. The molecule has 5 rings (SSSR count). The fourth-order valence-electron chi connectivity index (χ4n) is 3.62. The van der Waals surface area contributed by atoms with Crippen molar-refractivity contribution < 1.29 is 9.18 Å². The highest BCUT2D eigenvalue weighted by molar-refractivity contribution is 8.00. The molecule has 1 amide bonds. The van der Waals surface area contributed by atoms with Gasteiger partial charge in [0.25, 0.3) is 0 Å². The number of carbonyl (C=O) groups is 1. The summed E-state index contributed by atoms with van der Waals surface area (Å²) in [6.07, 6.45) is 0. The van der Waals surface area contributed by atoms with E-state index in [9.17, 15) is 9.18 Å². The number of aromatic nitrogens is 3. The highest BCUT2D eigenvalue weighted by Gasteiger charge is 2.38. The van der Waals surface area contributed by atoms with Crippen LogP contribution in [0.15, 0.2) is 84.0 Å². The van der Waals surface area contributed by atoms with Crippen molar-refractivity contribution in [1.82, 2.24) is 14.9 Å². The van der Waals surface area contributed by atoms with Crippen molar-refractivity contribution >= 4 is 23.4 Å². The number of amides is 1. The molecular formula is C24H20FN5OS. The van der Waals surface area contributed by atoms with Gasteiger partial charge in [-0.25, -0.2) is 9.07 Å². The van der Waals surface area contributed by atoms with E-state index in [2.05, 4.69) is 20.9 Å². The fourth-order valence-corrected chi connectivity index (χ4v) is 4.70. The van der Waals surface area contributed by atoms with E-state index >= 15 is 0 Å². The number of hydrogen-bond donors (Lipinski definition) is 2. The molecule has 0 radical (unpaired) electrons. The molecule has 2 heterocycles. The summed E-state index contributed by atoms with van der Waals surface area (Å²) in [6, 6.07) is 23.5. The number of anilines is 1. The van der Waals surface area contributed by atoms with Crippen LogP contribution < -0.4 is 10.7 Å². The Morgan fingerprint density at radius 2 is 1.72 bits per heavy atom. The molecule has 0 saturated carbocycles. The number of para-hydroxylation sites is 1. The number of hydrogen-bond acceptors (Lipinski definition) is 5. The van der Waals surface area contributed by atoms with Crippen LogP contribution >= 0.6 is 11.8 Å². The topological polar surface area (TPSA) is 71.8 Å². The van der Waals surface area contributed by atoms with Crippen LogP contribution in [0, 0.1) is 12.7 Å². The van der Waals surface area contributed by atoms with Crippen LogP contribution in [0.25, 0.3) is 11.4 Å².